The number of alkyl halides is 3. The number of hydrogen-bond acceptors (Lipinski definition) is 2. The van der Waals surface area contributed by atoms with Gasteiger partial charge in [-0.05, 0) is 12.0 Å². The lowest BCUT2D eigenvalue weighted by atomic mass is 10.1. The second-order valence-corrected chi connectivity index (χ2v) is 3.62. The first kappa shape index (κ1) is 11.7. The van der Waals surface area contributed by atoms with E-state index in [1.165, 1.54) is 0 Å². The zero-order chi connectivity index (χ0) is 12.5. The molecule has 0 aliphatic carbocycles. The van der Waals surface area contributed by atoms with Crippen LogP contribution in [0.2, 0.25) is 0 Å². The molecular weight excluding hydrogens is 231 g/mol. The molecule has 90 valence electrons. The monoisotopic (exact) mass is 241 g/mol. The number of aromatic nitrogens is 1. The van der Waals surface area contributed by atoms with Crippen LogP contribution >= 0.6 is 0 Å². The lowest BCUT2D eigenvalue weighted by Crippen LogP contribution is -2.04. The third-order valence-corrected chi connectivity index (χ3v) is 2.45. The molecule has 2 rings (SSSR count). The molecule has 17 heavy (non-hydrogen) atoms. The van der Waals surface area contributed by atoms with Crippen LogP contribution < -0.4 is 0 Å². The van der Waals surface area contributed by atoms with Crippen LogP contribution in [0, 0.1) is 0 Å². The van der Waals surface area contributed by atoms with Crippen LogP contribution in [0.15, 0.2) is 34.9 Å². The highest BCUT2D eigenvalue weighted by atomic mass is 19.4. The number of benzene rings is 1. The largest absolute Gasteiger partial charge is 0.436 e. The van der Waals surface area contributed by atoms with E-state index in [-0.39, 0.29) is 5.76 Å². The molecule has 5 heteroatoms. The van der Waals surface area contributed by atoms with Crippen LogP contribution in [0.3, 0.4) is 0 Å². The number of aryl methyl sites for hydroxylation is 1. The summed E-state index contributed by atoms with van der Waals surface area (Å²) in [6.45, 7) is 2.01. The van der Waals surface area contributed by atoms with Gasteiger partial charge < -0.3 is 4.52 Å². The maximum Gasteiger partial charge on any atom is 0.436 e. The molecule has 1 aromatic heterocycles. The molecule has 0 saturated carbocycles. The zero-order valence-electron chi connectivity index (χ0n) is 9.08. The van der Waals surface area contributed by atoms with Crippen molar-refractivity contribution in [1.82, 2.24) is 5.16 Å². The van der Waals surface area contributed by atoms with Crippen molar-refractivity contribution in [3.05, 3.63) is 41.6 Å². The van der Waals surface area contributed by atoms with Crippen molar-refractivity contribution < 1.29 is 17.7 Å². The molecule has 0 radical (unpaired) electrons. The van der Waals surface area contributed by atoms with Crippen LogP contribution in [0.25, 0.3) is 11.3 Å². The summed E-state index contributed by atoms with van der Waals surface area (Å²) in [4.78, 5) is 0. The molecule has 0 bridgehead atoms. The van der Waals surface area contributed by atoms with Crippen molar-refractivity contribution >= 4 is 0 Å². The summed E-state index contributed by atoms with van der Waals surface area (Å²) in [6, 6.07) is 8.05. The van der Waals surface area contributed by atoms with Crippen LogP contribution in [-0.2, 0) is 12.6 Å². The van der Waals surface area contributed by atoms with E-state index in [0.717, 1.165) is 18.1 Å². The Kier molecular flexibility index (Phi) is 2.92. The minimum Gasteiger partial charge on any atom is -0.356 e. The maximum absolute atomic E-state index is 12.3. The average Bonchev–Trinajstić information content (AvgIpc) is 2.78. The second kappa shape index (κ2) is 4.24. The summed E-state index contributed by atoms with van der Waals surface area (Å²) in [5, 5.41) is 3.01. The van der Waals surface area contributed by atoms with Gasteiger partial charge in [-0.3, -0.25) is 0 Å². The summed E-state index contributed by atoms with van der Waals surface area (Å²) >= 11 is 0. The first-order valence-corrected chi connectivity index (χ1v) is 5.14. The third-order valence-electron chi connectivity index (χ3n) is 2.45. The van der Waals surface area contributed by atoms with E-state index in [9.17, 15) is 13.2 Å². The van der Waals surface area contributed by atoms with Gasteiger partial charge in [0.25, 0.3) is 0 Å². The van der Waals surface area contributed by atoms with Gasteiger partial charge in [-0.2, -0.15) is 13.2 Å². The molecule has 0 unspecified atom stereocenters. The summed E-state index contributed by atoms with van der Waals surface area (Å²) in [5.41, 5.74) is 0.696. The van der Waals surface area contributed by atoms with Crippen LogP contribution in [0.4, 0.5) is 13.2 Å². The fourth-order valence-electron chi connectivity index (χ4n) is 1.45. The van der Waals surface area contributed by atoms with Gasteiger partial charge in [0.15, 0.2) is 11.5 Å². The number of hydrogen-bond donors (Lipinski definition) is 0. The summed E-state index contributed by atoms with van der Waals surface area (Å²) < 4.78 is 41.6. The Hall–Kier alpha value is -1.78. The molecular formula is C12H10F3NO. The van der Waals surface area contributed by atoms with Crippen LogP contribution in [-0.4, -0.2) is 5.16 Å². The normalized spacial score (nSPS) is 11.8. The first-order valence-electron chi connectivity index (χ1n) is 5.14. The van der Waals surface area contributed by atoms with E-state index >= 15 is 0 Å². The minimum absolute atomic E-state index is 0.125. The van der Waals surface area contributed by atoms with Crippen molar-refractivity contribution in [2.24, 2.45) is 0 Å². The Morgan fingerprint density at radius 1 is 1.18 bits per heavy atom. The molecule has 0 amide bonds. The molecule has 0 fully saturated rings. The van der Waals surface area contributed by atoms with Crippen LogP contribution in [0.1, 0.15) is 18.2 Å². The van der Waals surface area contributed by atoms with Gasteiger partial charge in [0.1, 0.15) is 0 Å². The van der Waals surface area contributed by atoms with Crippen molar-refractivity contribution in [3.8, 4) is 11.3 Å². The Balaban J connectivity index is 2.30. The average molecular weight is 241 g/mol. The molecule has 1 heterocycles. The van der Waals surface area contributed by atoms with Gasteiger partial charge in [0.05, 0.1) is 0 Å². The third kappa shape index (κ3) is 2.49. The Bertz CT molecular complexity index is 499. The highest BCUT2D eigenvalue weighted by molar-refractivity contribution is 5.57. The van der Waals surface area contributed by atoms with E-state index in [2.05, 4.69) is 9.68 Å². The highest BCUT2D eigenvalue weighted by Gasteiger charge is 2.35. The lowest BCUT2D eigenvalue weighted by molar-refractivity contribution is -0.142. The van der Waals surface area contributed by atoms with Crippen molar-refractivity contribution in [2.45, 2.75) is 19.5 Å². The van der Waals surface area contributed by atoms with E-state index in [4.69, 9.17) is 0 Å². The molecule has 2 nitrogen and oxygen atoms in total. The van der Waals surface area contributed by atoms with Gasteiger partial charge in [-0.25, -0.2) is 0 Å². The summed E-state index contributed by atoms with van der Waals surface area (Å²) in [6.07, 6.45) is -3.59. The molecule has 2 aromatic rings. The van der Waals surface area contributed by atoms with Gasteiger partial charge in [0.2, 0.25) is 0 Å². The van der Waals surface area contributed by atoms with E-state index in [0.29, 0.717) is 5.56 Å². The zero-order valence-corrected chi connectivity index (χ0v) is 9.08. The molecule has 0 N–H and O–H groups in total. The number of rotatable bonds is 2. The number of halogens is 3. The van der Waals surface area contributed by atoms with Crippen molar-refractivity contribution in [3.63, 3.8) is 0 Å². The molecule has 0 spiro atoms. The quantitative estimate of drug-likeness (QED) is 0.796. The van der Waals surface area contributed by atoms with Gasteiger partial charge in [-0.1, -0.05) is 36.3 Å². The molecule has 0 saturated heterocycles. The summed E-state index contributed by atoms with van der Waals surface area (Å²) in [7, 11) is 0. The molecule has 0 atom stereocenters. The van der Waals surface area contributed by atoms with E-state index in [1.807, 2.05) is 19.1 Å². The van der Waals surface area contributed by atoms with Gasteiger partial charge in [-0.15, -0.1) is 0 Å². The van der Waals surface area contributed by atoms with Crippen LogP contribution in [0.5, 0.6) is 0 Å². The smallest absolute Gasteiger partial charge is 0.356 e. The van der Waals surface area contributed by atoms with Crippen molar-refractivity contribution in [1.29, 1.82) is 0 Å². The Labute approximate surface area is 96.0 Å². The fourth-order valence-corrected chi connectivity index (χ4v) is 1.45. The van der Waals surface area contributed by atoms with Gasteiger partial charge in [0, 0.05) is 11.6 Å². The lowest BCUT2D eigenvalue weighted by Gasteiger charge is -1.98. The fraction of sp³-hybridized carbons (Fsp3) is 0.250. The summed E-state index contributed by atoms with van der Waals surface area (Å²) in [5.74, 6) is 0.125. The Morgan fingerprint density at radius 2 is 1.82 bits per heavy atom. The Morgan fingerprint density at radius 3 is 2.29 bits per heavy atom. The number of nitrogens with zero attached hydrogens (tertiary/aromatic N) is 1. The SMILES string of the molecule is CCc1ccc(-c2cc(C(F)(F)F)no2)cc1. The highest BCUT2D eigenvalue weighted by Crippen LogP contribution is 2.31. The molecule has 0 aliphatic rings. The standard InChI is InChI=1S/C12H10F3NO/c1-2-8-3-5-9(6-4-8)10-7-11(16-17-10)12(13,14)15/h3-7H,2H2,1H3. The minimum atomic E-state index is -4.47. The first-order chi connectivity index (χ1) is 8.00. The van der Waals surface area contributed by atoms with E-state index < -0.39 is 11.9 Å². The maximum atomic E-state index is 12.3. The van der Waals surface area contributed by atoms with E-state index in [1.54, 1.807) is 12.1 Å². The predicted octanol–water partition coefficient (Wildman–Crippen LogP) is 3.92. The molecule has 1 aromatic carbocycles. The second-order valence-electron chi connectivity index (χ2n) is 3.62. The molecule has 0 aliphatic heterocycles. The predicted molar refractivity (Wildman–Crippen MR) is 56.3 cm³/mol. The van der Waals surface area contributed by atoms with Crippen molar-refractivity contribution in [2.75, 3.05) is 0 Å². The topological polar surface area (TPSA) is 26.0 Å². The van der Waals surface area contributed by atoms with Gasteiger partial charge >= 0.3 is 6.18 Å².